The second kappa shape index (κ2) is 6.44. The highest BCUT2D eigenvalue weighted by atomic mass is 32.1. The number of aryl methyl sites for hydroxylation is 1. The third kappa shape index (κ3) is 3.17. The Morgan fingerprint density at radius 2 is 2.05 bits per heavy atom. The molecule has 0 saturated heterocycles. The van der Waals surface area contributed by atoms with Crippen LogP contribution in [0.3, 0.4) is 0 Å². The van der Waals surface area contributed by atoms with Crippen molar-refractivity contribution in [1.82, 2.24) is 20.3 Å². The van der Waals surface area contributed by atoms with Crippen molar-refractivity contribution < 1.29 is 4.79 Å². The third-order valence-electron chi connectivity index (χ3n) is 3.17. The molecular weight excluding hydrogens is 296 g/mol. The van der Waals surface area contributed by atoms with Gasteiger partial charge in [-0.1, -0.05) is 6.07 Å². The Hall–Kier alpha value is -2.60. The molecule has 3 aromatic heterocycles. The van der Waals surface area contributed by atoms with Gasteiger partial charge in [0.05, 0.1) is 18.4 Å². The molecule has 3 aromatic rings. The molecule has 0 radical (unpaired) electrons. The number of thiazole rings is 1. The Kier molecular flexibility index (Phi) is 4.20. The maximum atomic E-state index is 12.2. The summed E-state index contributed by atoms with van der Waals surface area (Å²) in [7, 11) is 0. The van der Waals surface area contributed by atoms with Gasteiger partial charge in [0.15, 0.2) is 0 Å². The molecule has 0 saturated carbocycles. The molecule has 0 atom stereocenters. The first-order valence-electron chi connectivity index (χ1n) is 6.79. The highest BCUT2D eigenvalue weighted by Gasteiger charge is 2.12. The van der Waals surface area contributed by atoms with Gasteiger partial charge in [0.2, 0.25) is 0 Å². The summed E-state index contributed by atoms with van der Waals surface area (Å²) in [4.78, 5) is 25.4. The number of amides is 1. The van der Waals surface area contributed by atoms with Gasteiger partial charge in [-0.15, -0.1) is 11.3 Å². The molecule has 0 aliphatic rings. The third-order valence-corrected chi connectivity index (χ3v) is 4.22. The van der Waals surface area contributed by atoms with Crippen LogP contribution in [0, 0.1) is 6.92 Å². The first-order valence-corrected chi connectivity index (χ1v) is 7.60. The van der Waals surface area contributed by atoms with E-state index in [1.807, 2.05) is 31.2 Å². The molecule has 0 aliphatic heterocycles. The second-order valence-electron chi connectivity index (χ2n) is 4.72. The van der Waals surface area contributed by atoms with Gasteiger partial charge in [-0.25, -0.2) is 4.98 Å². The van der Waals surface area contributed by atoms with Crippen molar-refractivity contribution in [2.24, 2.45) is 0 Å². The average Bonchev–Trinajstić information content (AvgIpc) is 3.05. The van der Waals surface area contributed by atoms with E-state index in [4.69, 9.17) is 0 Å². The Morgan fingerprint density at radius 1 is 1.18 bits per heavy atom. The Bertz CT molecular complexity index is 786. The summed E-state index contributed by atoms with van der Waals surface area (Å²) in [5.41, 5.74) is 2.84. The zero-order chi connectivity index (χ0) is 15.4. The van der Waals surface area contributed by atoms with Crippen LogP contribution in [0.4, 0.5) is 0 Å². The number of hydrogen-bond acceptors (Lipinski definition) is 5. The van der Waals surface area contributed by atoms with E-state index in [-0.39, 0.29) is 5.91 Å². The van der Waals surface area contributed by atoms with E-state index in [1.54, 1.807) is 24.8 Å². The van der Waals surface area contributed by atoms with E-state index < -0.39 is 0 Å². The monoisotopic (exact) mass is 310 g/mol. The van der Waals surface area contributed by atoms with Gasteiger partial charge in [-0.2, -0.15) is 0 Å². The molecule has 1 N–H and O–H groups in total. The van der Waals surface area contributed by atoms with Gasteiger partial charge in [-0.05, 0) is 30.7 Å². The number of carbonyl (C=O) groups excluding carboxylic acids is 1. The number of pyridine rings is 2. The molecule has 0 bridgehead atoms. The standard InChI is InChI=1S/C16H14N4OS/c1-11-4-2-7-18-13(11)9-19-15(21)14-10-20-16(22-14)12-5-3-6-17-8-12/h2-8,10H,9H2,1H3,(H,19,21). The summed E-state index contributed by atoms with van der Waals surface area (Å²) in [6, 6.07) is 7.62. The van der Waals surface area contributed by atoms with Crippen LogP contribution >= 0.6 is 11.3 Å². The lowest BCUT2D eigenvalue weighted by atomic mass is 10.2. The molecule has 1 amide bonds. The maximum Gasteiger partial charge on any atom is 0.263 e. The van der Waals surface area contributed by atoms with Gasteiger partial charge in [0, 0.05) is 24.2 Å². The molecule has 3 rings (SSSR count). The van der Waals surface area contributed by atoms with Crippen LogP contribution in [0.15, 0.2) is 49.1 Å². The van der Waals surface area contributed by atoms with Gasteiger partial charge in [0.25, 0.3) is 5.91 Å². The zero-order valence-electron chi connectivity index (χ0n) is 12.0. The van der Waals surface area contributed by atoms with Gasteiger partial charge < -0.3 is 5.32 Å². The lowest BCUT2D eigenvalue weighted by molar-refractivity contribution is 0.0954. The van der Waals surface area contributed by atoms with Crippen molar-refractivity contribution >= 4 is 17.2 Å². The number of hydrogen-bond donors (Lipinski definition) is 1. The SMILES string of the molecule is Cc1cccnc1CNC(=O)c1cnc(-c2cccnc2)s1. The predicted molar refractivity (Wildman–Crippen MR) is 85.5 cm³/mol. The molecule has 3 heterocycles. The van der Waals surface area contributed by atoms with Crippen LogP contribution in [0.1, 0.15) is 20.9 Å². The lowest BCUT2D eigenvalue weighted by Crippen LogP contribution is -2.22. The zero-order valence-corrected chi connectivity index (χ0v) is 12.8. The van der Waals surface area contributed by atoms with Gasteiger partial charge >= 0.3 is 0 Å². The van der Waals surface area contributed by atoms with Crippen molar-refractivity contribution in [2.75, 3.05) is 0 Å². The topological polar surface area (TPSA) is 67.8 Å². The van der Waals surface area contributed by atoms with Crippen LogP contribution in [-0.2, 0) is 6.54 Å². The van der Waals surface area contributed by atoms with Crippen LogP contribution < -0.4 is 5.32 Å². The molecule has 22 heavy (non-hydrogen) atoms. The van der Waals surface area contributed by atoms with E-state index in [1.165, 1.54) is 11.3 Å². The molecular formula is C16H14N4OS. The van der Waals surface area contributed by atoms with E-state index >= 15 is 0 Å². The average molecular weight is 310 g/mol. The first-order chi connectivity index (χ1) is 10.7. The van der Waals surface area contributed by atoms with Crippen LogP contribution in [0.2, 0.25) is 0 Å². The Labute approximate surface area is 132 Å². The number of nitrogens with one attached hydrogen (secondary N) is 1. The minimum atomic E-state index is -0.141. The predicted octanol–water partition coefficient (Wildman–Crippen LogP) is 2.84. The second-order valence-corrected chi connectivity index (χ2v) is 5.75. The van der Waals surface area contributed by atoms with Crippen molar-refractivity contribution in [3.8, 4) is 10.6 Å². The number of aromatic nitrogens is 3. The lowest BCUT2D eigenvalue weighted by Gasteiger charge is -2.05. The van der Waals surface area contributed by atoms with Gasteiger partial charge in [0.1, 0.15) is 9.88 Å². The number of nitrogens with zero attached hydrogens (tertiary/aromatic N) is 3. The van der Waals surface area contributed by atoms with Crippen molar-refractivity contribution in [3.63, 3.8) is 0 Å². The summed E-state index contributed by atoms with van der Waals surface area (Å²) < 4.78 is 0. The molecule has 0 fully saturated rings. The van der Waals surface area contributed by atoms with E-state index in [2.05, 4.69) is 20.3 Å². The van der Waals surface area contributed by atoms with E-state index in [9.17, 15) is 4.79 Å². The summed E-state index contributed by atoms with van der Waals surface area (Å²) in [5, 5.41) is 3.66. The maximum absolute atomic E-state index is 12.2. The van der Waals surface area contributed by atoms with E-state index in [0.29, 0.717) is 11.4 Å². The largest absolute Gasteiger partial charge is 0.346 e. The summed E-state index contributed by atoms with van der Waals surface area (Å²) in [6.07, 6.45) is 6.76. The quantitative estimate of drug-likeness (QED) is 0.804. The fraction of sp³-hybridized carbons (Fsp3) is 0.125. The Morgan fingerprint density at radius 3 is 2.82 bits per heavy atom. The van der Waals surface area contributed by atoms with Crippen molar-refractivity contribution in [3.05, 3.63) is 65.2 Å². The van der Waals surface area contributed by atoms with Crippen LogP contribution in [0.5, 0.6) is 0 Å². The highest BCUT2D eigenvalue weighted by molar-refractivity contribution is 7.16. The molecule has 5 nitrogen and oxygen atoms in total. The Balaban J connectivity index is 1.69. The van der Waals surface area contributed by atoms with E-state index in [0.717, 1.165) is 21.8 Å². The van der Waals surface area contributed by atoms with Gasteiger partial charge in [-0.3, -0.25) is 14.8 Å². The fourth-order valence-corrected chi connectivity index (χ4v) is 2.78. The fourth-order valence-electron chi connectivity index (χ4n) is 1.96. The minimum absolute atomic E-state index is 0.141. The highest BCUT2D eigenvalue weighted by Crippen LogP contribution is 2.24. The smallest absolute Gasteiger partial charge is 0.263 e. The summed E-state index contributed by atoms with van der Waals surface area (Å²) in [5.74, 6) is -0.141. The van der Waals surface area contributed by atoms with Crippen molar-refractivity contribution in [2.45, 2.75) is 13.5 Å². The summed E-state index contributed by atoms with van der Waals surface area (Å²) >= 11 is 1.35. The molecule has 0 aromatic carbocycles. The molecule has 0 aliphatic carbocycles. The minimum Gasteiger partial charge on any atom is -0.346 e. The number of rotatable bonds is 4. The number of carbonyl (C=O) groups is 1. The molecule has 6 heteroatoms. The van der Waals surface area contributed by atoms with Crippen LogP contribution in [0.25, 0.3) is 10.6 Å². The molecule has 0 spiro atoms. The van der Waals surface area contributed by atoms with Crippen LogP contribution in [-0.4, -0.2) is 20.9 Å². The normalized spacial score (nSPS) is 10.4. The molecule has 0 unspecified atom stereocenters. The van der Waals surface area contributed by atoms with Crippen molar-refractivity contribution in [1.29, 1.82) is 0 Å². The first kappa shape index (κ1) is 14.3. The summed E-state index contributed by atoms with van der Waals surface area (Å²) in [6.45, 7) is 2.38. The molecule has 110 valence electrons.